The average Bonchev–Trinajstić information content (AvgIpc) is 3.23. The molecule has 0 spiro atoms. The number of nitrogens with zero attached hydrogens (tertiary/aromatic N) is 2. The van der Waals surface area contributed by atoms with Crippen molar-refractivity contribution >= 4 is 0 Å². The fourth-order valence-corrected chi connectivity index (χ4v) is 3.15. The maximum absolute atomic E-state index is 13.5. The maximum Gasteiger partial charge on any atom is 0.165 e. The summed E-state index contributed by atoms with van der Waals surface area (Å²) < 4.78 is 24.2. The third-order valence-electron chi connectivity index (χ3n) is 4.40. The number of hydrogen-bond acceptors (Lipinski definition) is 4. The Labute approximate surface area is 141 Å². The Bertz CT molecular complexity index is 647. The number of aromatic nitrogens is 2. The number of rotatable bonds is 8. The molecule has 1 aliphatic rings. The Hall–Kier alpha value is -1.92. The van der Waals surface area contributed by atoms with E-state index in [0.717, 1.165) is 37.5 Å². The Kier molecular flexibility index (Phi) is 5.82. The van der Waals surface area contributed by atoms with Gasteiger partial charge in [-0.25, -0.2) is 4.39 Å². The van der Waals surface area contributed by atoms with E-state index in [1.165, 1.54) is 12.5 Å². The lowest BCUT2D eigenvalue weighted by molar-refractivity contribution is 0.140. The van der Waals surface area contributed by atoms with E-state index in [0.29, 0.717) is 24.8 Å². The molecule has 3 rings (SSSR count). The zero-order valence-corrected chi connectivity index (χ0v) is 14.0. The molecular weight excluding hydrogens is 309 g/mol. The molecular formula is C18H24FN3O2. The van der Waals surface area contributed by atoms with Gasteiger partial charge in [0.25, 0.3) is 0 Å². The molecule has 0 unspecified atom stereocenters. The smallest absolute Gasteiger partial charge is 0.165 e. The molecule has 1 aliphatic heterocycles. The van der Waals surface area contributed by atoms with Gasteiger partial charge in [-0.2, -0.15) is 5.10 Å². The quantitative estimate of drug-likeness (QED) is 0.807. The van der Waals surface area contributed by atoms with E-state index in [1.54, 1.807) is 25.3 Å². The molecule has 0 radical (unpaired) electrons. The molecule has 130 valence electrons. The van der Waals surface area contributed by atoms with Gasteiger partial charge >= 0.3 is 0 Å². The highest BCUT2D eigenvalue weighted by molar-refractivity contribution is 5.23. The molecule has 24 heavy (non-hydrogen) atoms. The zero-order chi connectivity index (χ0) is 16.8. The van der Waals surface area contributed by atoms with Crippen molar-refractivity contribution in [3.8, 4) is 5.75 Å². The molecule has 6 heteroatoms. The van der Waals surface area contributed by atoms with E-state index in [4.69, 9.17) is 9.47 Å². The van der Waals surface area contributed by atoms with Crippen molar-refractivity contribution in [2.75, 3.05) is 33.4 Å². The Morgan fingerprint density at radius 1 is 1.33 bits per heavy atom. The van der Waals surface area contributed by atoms with Gasteiger partial charge < -0.3 is 9.47 Å². The number of H-pyrrole nitrogens is 1. The van der Waals surface area contributed by atoms with Gasteiger partial charge in [-0.05, 0) is 37.6 Å². The van der Waals surface area contributed by atoms with Crippen molar-refractivity contribution in [2.45, 2.75) is 25.3 Å². The fraction of sp³-hybridized carbons (Fsp3) is 0.500. The monoisotopic (exact) mass is 333 g/mol. The van der Waals surface area contributed by atoms with Crippen LogP contribution in [-0.2, 0) is 11.2 Å². The van der Waals surface area contributed by atoms with E-state index < -0.39 is 0 Å². The van der Waals surface area contributed by atoms with Crippen LogP contribution in [0.4, 0.5) is 4.39 Å². The summed E-state index contributed by atoms with van der Waals surface area (Å²) in [6.07, 6.45) is 2.98. The summed E-state index contributed by atoms with van der Waals surface area (Å²) in [6, 6.07) is 8.91. The second kappa shape index (κ2) is 8.26. The SMILES string of the molecule is COCCN1CCC[C@H]1c1cc(CCOc2ccccc2F)[nH]n1. The van der Waals surface area contributed by atoms with E-state index >= 15 is 0 Å². The summed E-state index contributed by atoms with van der Waals surface area (Å²) in [5.41, 5.74) is 2.09. The normalized spacial score (nSPS) is 18.2. The first kappa shape index (κ1) is 16.9. The lowest BCUT2D eigenvalue weighted by Crippen LogP contribution is -2.27. The van der Waals surface area contributed by atoms with Crippen LogP contribution in [0.2, 0.25) is 0 Å². The zero-order valence-electron chi connectivity index (χ0n) is 14.0. The number of aromatic amines is 1. The van der Waals surface area contributed by atoms with Crippen LogP contribution in [0.5, 0.6) is 5.75 Å². The summed E-state index contributed by atoms with van der Waals surface area (Å²) in [4.78, 5) is 2.42. The first-order chi connectivity index (χ1) is 11.8. The third-order valence-corrected chi connectivity index (χ3v) is 4.40. The molecule has 1 atom stereocenters. The lowest BCUT2D eigenvalue weighted by atomic mass is 10.1. The standard InChI is InChI=1S/C18H24FN3O2/c1-23-12-10-22-9-4-6-17(22)16-13-14(20-21-16)8-11-24-18-7-3-2-5-15(18)19/h2-3,5,7,13,17H,4,6,8-12H2,1H3,(H,20,21)/t17-/m0/s1. The summed E-state index contributed by atoms with van der Waals surface area (Å²) in [6.45, 7) is 3.18. The van der Waals surface area contributed by atoms with Crippen molar-refractivity contribution in [1.82, 2.24) is 15.1 Å². The molecule has 1 fully saturated rings. The summed E-state index contributed by atoms with van der Waals surface area (Å²) in [7, 11) is 1.73. The van der Waals surface area contributed by atoms with Crippen molar-refractivity contribution in [1.29, 1.82) is 0 Å². The Balaban J connectivity index is 1.53. The van der Waals surface area contributed by atoms with Gasteiger partial charge in [-0.15, -0.1) is 0 Å². The maximum atomic E-state index is 13.5. The molecule has 0 amide bonds. The number of nitrogens with one attached hydrogen (secondary N) is 1. The van der Waals surface area contributed by atoms with Crippen LogP contribution in [-0.4, -0.2) is 48.5 Å². The van der Waals surface area contributed by atoms with Crippen LogP contribution in [0, 0.1) is 5.82 Å². The number of likely N-dealkylation sites (tertiary alicyclic amines) is 1. The van der Waals surface area contributed by atoms with Gasteiger partial charge in [0.15, 0.2) is 11.6 Å². The molecule has 0 saturated carbocycles. The molecule has 0 aliphatic carbocycles. The van der Waals surface area contributed by atoms with Crippen LogP contribution >= 0.6 is 0 Å². The van der Waals surface area contributed by atoms with E-state index in [1.807, 2.05) is 0 Å². The second-order valence-corrected chi connectivity index (χ2v) is 6.03. The first-order valence-electron chi connectivity index (χ1n) is 8.42. The predicted molar refractivity (Wildman–Crippen MR) is 89.6 cm³/mol. The number of methoxy groups -OCH3 is 1. The largest absolute Gasteiger partial charge is 0.490 e. The number of benzene rings is 1. The minimum atomic E-state index is -0.331. The van der Waals surface area contributed by atoms with Crippen LogP contribution in [0.3, 0.4) is 0 Å². The van der Waals surface area contributed by atoms with Crippen LogP contribution in [0.15, 0.2) is 30.3 Å². The lowest BCUT2D eigenvalue weighted by Gasteiger charge is -2.22. The van der Waals surface area contributed by atoms with Crippen molar-refractivity contribution in [3.63, 3.8) is 0 Å². The van der Waals surface area contributed by atoms with E-state index in [2.05, 4.69) is 21.2 Å². The molecule has 1 N–H and O–H groups in total. The molecule has 1 aromatic carbocycles. The average molecular weight is 333 g/mol. The minimum absolute atomic E-state index is 0.291. The highest BCUT2D eigenvalue weighted by Crippen LogP contribution is 2.30. The Morgan fingerprint density at radius 3 is 3.04 bits per heavy atom. The van der Waals surface area contributed by atoms with E-state index in [9.17, 15) is 4.39 Å². The van der Waals surface area contributed by atoms with Gasteiger partial charge in [0, 0.05) is 25.8 Å². The number of hydrogen-bond donors (Lipinski definition) is 1. The van der Waals surface area contributed by atoms with Gasteiger partial charge in [0.05, 0.1) is 24.9 Å². The van der Waals surface area contributed by atoms with Gasteiger partial charge in [-0.1, -0.05) is 12.1 Å². The fourth-order valence-electron chi connectivity index (χ4n) is 3.15. The Morgan fingerprint density at radius 2 is 2.21 bits per heavy atom. The minimum Gasteiger partial charge on any atom is -0.490 e. The molecule has 2 heterocycles. The summed E-state index contributed by atoms with van der Waals surface area (Å²) in [5.74, 6) is -0.0405. The van der Waals surface area contributed by atoms with Gasteiger partial charge in [0.2, 0.25) is 0 Å². The number of halogens is 1. The van der Waals surface area contributed by atoms with Crippen molar-refractivity contribution in [2.24, 2.45) is 0 Å². The highest BCUT2D eigenvalue weighted by Gasteiger charge is 2.27. The van der Waals surface area contributed by atoms with Crippen molar-refractivity contribution < 1.29 is 13.9 Å². The third kappa shape index (κ3) is 4.13. The highest BCUT2D eigenvalue weighted by atomic mass is 19.1. The van der Waals surface area contributed by atoms with Gasteiger partial charge in [0.1, 0.15) is 0 Å². The summed E-state index contributed by atoms with van der Waals surface area (Å²) in [5, 5.41) is 7.54. The molecule has 2 aromatic rings. The molecule has 5 nitrogen and oxygen atoms in total. The number of ether oxygens (including phenoxy) is 2. The van der Waals surface area contributed by atoms with Gasteiger partial charge in [-0.3, -0.25) is 10.00 Å². The molecule has 1 aromatic heterocycles. The van der Waals surface area contributed by atoms with Crippen molar-refractivity contribution in [3.05, 3.63) is 47.5 Å². The topological polar surface area (TPSA) is 50.4 Å². The molecule has 0 bridgehead atoms. The number of para-hydroxylation sites is 1. The van der Waals surface area contributed by atoms with Crippen LogP contribution < -0.4 is 4.74 Å². The predicted octanol–water partition coefficient (Wildman–Crippen LogP) is 2.95. The first-order valence-corrected chi connectivity index (χ1v) is 8.42. The summed E-state index contributed by atoms with van der Waals surface area (Å²) >= 11 is 0. The second-order valence-electron chi connectivity index (χ2n) is 6.03. The molecule has 1 saturated heterocycles. The van der Waals surface area contributed by atoms with E-state index in [-0.39, 0.29) is 5.82 Å². The van der Waals surface area contributed by atoms with Crippen LogP contribution in [0.25, 0.3) is 0 Å². The van der Waals surface area contributed by atoms with Crippen LogP contribution in [0.1, 0.15) is 30.3 Å².